The van der Waals surface area contributed by atoms with E-state index in [0.717, 1.165) is 0 Å². The van der Waals surface area contributed by atoms with Gasteiger partial charge in [-0.05, 0) is 49.4 Å². The van der Waals surface area contributed by atoms with Crippen LogP contribution in [0.15, 0.2) is 59.2 Å². The maximum Gasteiger partial charge on any atom is 0.313 e. The molecule has 0 spiro atoms. The number of nitro benzene ring substituents is 1. The lowest BCUT2D eigenvalue weighted by atomic mass is 10.1. The van der Waals surface area contributed by atoms with Crippen molar-refractivity contribution in [2.45, 2.75) is 13.0 Å². The van der Waals surface area contributed by atoms with Gasteiger partial charge in [0.15, 0.2) is 11.5 Å². The van der Waals surface area contributed by atoms with Crippen LogP contribution in [0.4, 0.5) is 5.69 Å². The van der Waals surface area contributed by atoms with Crippen molar-refractivity contribution in [1.82, 2.24) is 5.32 Å². The molecule has 0 aliphatic carbocycles. The van der Waals surface area contributed by atoms with Crippen LogP contribution >= 0.6 is 11.6 Å². The predicted molar refractivity (Wildman–Crippen MR) is 106 cm³/mol. The molecule has 0 aliphatic heterocycles. The minimum Gasteiger partial charge on any atom is -0.493 e. The Balaban J connectivity index is 1.82. The SMILES string of the molecule is COc1cc(C(=O)N[C@@H](C)c2ccco2)ccc1Oc1ccc(Cl)cc1[N+](=O)[O-]. The summed E-state index contributed by atoms with van der Waals surface area (Å²) >= 11 is 5.82. The van der Waals surface area contributed by atoms with E-state index in [9.17, 15) is 14.9 Å². The van der Waals surface area contributed by atoms with E-state index >= 15 is 0 Å². The molecular weight excluding hydrogens is 400 g/mol. The van der Waals surface area contributed by atoms with Crippen molar-refractivity contribution in [1.29, 1.82) is 0 Å². The highest BCUT2D eigenvalue weighted by Crippen LogP contribution is 2.38. The molecule has 1 heterocycles. The lowest BCUT2D eigenvalue weighted by Gasteiger charge is -2.14. The summed E-state index contributed by atoms with van der Waals surface area (Å²) in [5.41, 5.74) is 0.0480. The van der Waals surface area contributed by atoms with E-state index < -0.39 is 4.92 Å². The quantitative estimate of drug-likeness (QED) is 0.422. The lowest BCUT2D eigenvalue weighted by Crippen LogP contribution is -2.26. The molecule has 1 N–H and O–H groups in total. The number of nitrogens with one attached hydrogen (secondary N) is 1. The Morgan fingerprint density at radius 3 is 2.59 bits per heavy atom. The van der Waals surface area contributed by atoms with Crippen LogP contribution < -0.4 is 14.8 Å². The molecule has 3 rings (SSSR count). The Kier molecular flexibility index (Phi) is 6.04. The minimum absolute atomic E-state index is 0.00124. The summed E-state index contributed by atoms with van der Waals surface area (Å²) in [6.45, 7) is 1.80. The minimum atomic E-state index is -0.592. The topological polar surface area (TPSA) is 104 Å². The zero-order valence-corrected chi connectivity index (χ0v) is 16.3. The Hall–Kier alpha value is -3.52. The van der Waals surface area contributed by atoms with Crippen LogP contribution in [0.1, 0.15) is 29.1 Å². The number of carbonyl (C=O) groups excluding carboxylic acids is 1. The fourth-order valence-electron chi connectivity index (χ4n) is 2.62. The molecule has 0 unspecified atom stereocenters. The van der Waals surface area contributed by atoms with Gasteiger partial charge in [-0.2, -0.15) is 0 Å². The number of carbonyl (C=O) groups is 1. The predicted octanol–water partition coefficient (Wildman–Crippen LogP) is 5.13. The van der Waals surface area contributed by atoms with Crippen LogP contribution in [0.3, 0.4) is 0 Å². The molecule has 2 aromatic carbocycles. The van der Waals surface area contributed by atoms with Gasteiger partial charge >= 0.3 is 5.69 Å². The standard InChI is InChI=1S/C20H17ClN2O6/c1-12(16-4-3-9-28-16)22-20(24)13-5-7-18(19(10-13)27-2)29-17-8-6-14(21)11-15(17)23(25)26/h3-12H,1-2H3,(H,22,24)/t12-/m0/s1. The first kappa shape index (κ1) is 20.2. The maximum absolute atomic E-state index is 12.5. The van der Waals surface area contributed by atoms with Gasteiger partial charge in [0.25, 0.3) is 5.91 Å². The summed E-state index contributed by atoms with van der Waals surface area (Å²) in [7, 11) is 1.41. The molecule has 0 bridgehead atoms. The number of nitro groups is 1. The summed E-state index contributed by atoms with van der Waals surface area (Å²) in [4.78, 5) is 23.2. The second kappa shape index (κ2) is 8.66. The molecule has 150 valence electrons. The Labute approximate surface area is 171 Å². The lowest BCUT2D eigenvalue weighted by molar-refractivity contribution is -0.385. The first-order valence-electron chi connectivity index (χ1n) is 8.53. The first-order valence-corrected chi connectivity index (χ1v) is 8.91. The number of ether oxygens (including phenoxy) is 2. The molecule has 0 saturated heterocycles. The Morgan fingerprint density at radius 1 is 1.17 bits per heavy atom. The van der Waals surface area contributed by atoms with Gasteiger partial charge < -0.3 is 19.2 Å². The third kappa shape index (κ3) is 4.67. The molecule has 29 heavy (non-hydrogen) atoms. The number of rotatable bonds is 7. The number of hydrogen-bond donors (Lipinski definition) is 1. The van der Waals surface area contributed by atoms with Crippen molar-refractivity contribution in [3.05, 3.63) is 81.3 Å². The molecule has 0 radical (unpaired) electrons. The molecule has 3 aromatic rings. The van der Waals surface area contributed by atoms with Crippen molar-refractivity contribution < 1.29 is 23.6 Å². The van der Waals surface area contributed by atoms with Crippen LogP contribution in [0, 0.1) is 10.1 Å². The maximum atomic E-state index is 12.5. The number of methoxy groups -OCH3 is 1. The van der Waals surface area contributed by atoms with Gasteiger partial charge in [-0.1, -0.05) is 11.6 Å². The van der Waals surface area contributed by atoms with E-state index in [1.54, 1.807) is 19.1 Å². The first-order chi connectivity index (χ1) is 13.9. The molecule has 1 amide bonds. The molecule has 0 aliphatic rings. The van der Waals surface area contributed by atoms with E-state index in [0.29, 0.717) is 11.3 Å². The third-order valence-corrected chi connectivity index (χ3v) is 4.32. The largest absolute Gasteiger partial charge is 0.493 e. The second-order valence-electron chi connectivity index (χ2n) is 6.05. The summed E-state index contributed by atoms with van der Waals surface area (Å²) in [6.07, 6.45) is 1.53. The Bertz CT molecular complexity index is 1040. The van der Waals surface area contributed by atoms with Crippen molar-refractivity contribution in [3.8, 4) is 17.2 Å². The van der Waals surface area contributed by atoms with Crippen LogP contribution in [0.25, 0.3) is 0 Å². The van der Waals surface area contributed by atoms with Crippen LogP contribution in [-0.4, -0.2) is 17.9 Å². The van der Waals surface area contributed by atoms with Gasteiger partial charge in [-0.3, -0.25) is 14.9 Å². The average Bonchev–Trinajstić information content (AvgIpc) is 3.24. The van der Waals surface area contributed by atoms with Crippen molar-refractivity contribution in [2.75, 3.05) is 7.11 Å². The molecular formula is C20H17ClN2O6. The van der Waals surface area contributed by atoms with Crippen molar-refractivity contribution in [2.24, 2.45) is 0 Å². The van der Waals surface area contributed by atoms with Crippen LogP contribution in [0.5, 0.6) is 17.2 Å². The average molecular weight is 417 g/mol. The summed E-state index contributed by atoms with van der Waals surface area (Å²) in [5, 5.41) is 14.3. The fourth-order valence-corrected chi connectivity index (χ4v) is 2.79. The van der Waals surface area contributed by atoms with E-state index in [4.69, 9.17) is 25.5 Å². The van der Waals surface area contributed by atoms with E-state index in [1.165, 1.54) is 49.8 Å². The number of amides is 1. The second-order valence-corrected chi connectivity index (χ2v) is 6.48. The van der Waals surface area contributed by atoms with Crippen molar-refractivity contribution in [3.63, 3.8) is 0 Å². The van der Waals surface area contributed by atoms with E-state index in [2.05, 4.69) is 5.32 Å². The van der Waals surface area contributed by atoms with Gasteiger partial charge in [0, 0.05) is 16.7 Å². The zero-order chi connectivity index (χ0) is 21.0. The smallest absolute Gasteiger partial charge is 0.313 e. The highest BCUT2D eigenvalue weighted by atomic mass is 35.5. The van der Waals surface area contributed by atoms with E-state index in [1.807, 2.05) is 0 Å². The highest BCUT2D eigenvalue weighted by molar-refractivity contribution is 6.30. The molecule has 9 heteroatoms. The van der Waals surface area contributed by atoms with Gasteiger partial charge in [0.1, 0.15) is 5.76 Å². The number of hydrogen-bond acceptors (Lipinski definition) is 6. The molecule has 1 aromatic heterocycles. The molecule has 8 nitrogen and oxygen atoms in total. The normalized spacial score (nSPS) is 11.6. The fraction of sp³-hybridized carbons (Fsp3) is 0.150. The van der Waals surface area contributed by atoms with Gasteiger partial charge in [-0.25, -0.2) is 0 Å². The third-order valence-electron chi connectivity index (χ3n) is 4.08. The van der Waals surface area contributed by atoms with E-state index in [-0.39, 0.29) is 39.9 Å². The number of furan rings is 1. The molecule has 0 fully saturated rings. The highest BCUT2D eigenvalue weighted by Gasteiger charge is 2.20. The number of nitrogens with zero attached hydrogens (tertiary/aromatic N) is 1. The van der Waals surface area contributed by atoms with Gasteiger partial charge in [0.2, 0.25) is 5.75 Å². The molecule has 1 atom stereocenters. The molecule has 0 saturated carbocycles. The number of halogens is 1. The van der Waals surface area contributed by atoms with Crippen molar-refractivity contribution >= 4 is 23.2 Å². The van der Waals surface area contributed by atoms with Gasteiger partial charge in [-0.15, -0.1) is 0 Å². The van der Waals surface area contributed by atoms with Crippen LogP contribution in [0.2, 0.25) is 5.02 Å². The van der Waals surface area contributed by atoms with Gasteiger partial charge in [0.05, 0.1) is 24.3 Å². The summed E-state index contributed by atoms with van der Waals surface area (Å²) < 4.78 is 16.2. The summed E-state index contributed by atoms with van der Waals surface area (Å²) in [5.74, 6) is 0.749. The summed E-state index contributed by atoms with van der Waals surface area (Å²) in [6, 6.07) is 11.8. The zero-order valence-electron chi connectivity index (χ0n) is 15.5. The van der Waals surface area contributed by atoms with Crippen LogP contribution in [-0.2, 0) is 0 Å². The monoisotopic (exact) mass is 416 g/mol. The Morgan fingerprint density at radius 2 is 1.93 bits per heavy atom. The number of benzene rings is 2.